The summed E-state index contributed by atoms with van der Waals surface area (Å²) in [5, 5.41) is 0. The van der Waals surface area contributed by atoms with Crippen LogP contribution < -0.4 is 0 Å². The number of likely N-dealkylation sites (N-methyl/N-ethyl adjacent to an activating group) is 1. The van der Waals surface area contributed by atoms with E-state index in [-0.39, 0.29) is 30.3 Å². The SMILES string of the molecule is CC(C)C(C(=O)OC(C)(C)C)N(C)Cc1ccccc1.Cl. The van der Waals surface area contributed by atoms with E-state index in [1.165, 1.54) is 5.56 Å². The van der Waals surface area contributed by atoms with Crippen molar-refractivity contribution in [3.05, 3.63) is 35.9 Å². The standard InChI is InChI=1S/C17H27NO2.ClH/c1-13(2)15(16(19)20-17(3,4)5)18(6)12-14-10-8-7-9-11-14;/h7-11,13,15H,12H2,1-6H3;1H. The van der Waals surface area contributed by atoms with Gasteiger partial charge in [0.25, 0.3) is 0 Å². The number of carbonyl (C=O) groups is 1. The lowest BCUT2D eigenvalue weighted by Crippen LogP contribution is -2.45. The molecule has 0 spiro atoms. The molecule has 0 heterocycles. The first-order valence-corrected chi connectivity index (χ1v) is 7.17. The fourth-order valence-corrected chi connectivity index (χ4v) is 2.29. The first kappa shape index (κ1) is 19.9. The van der Waals surface area contributed by atoms with Gasteiger partial charge in [-0.15, -0.1) is 12.4 Å². The van der Waals surface area contributed by atoms with E-state index in [1.54, 1.807) is 0 Å². The lowest BCUT2D eigenvalue weighted by atomic mass is 10.0. The van der Waals surface area contributed by atoms with Gasteiger partial charge in [-0.05, 0) is 39.3 Å². The zero-order chi connectivity index (χ0) is 15.3. The minimum Gasteiger partial charge on any atom is -0.459 e. The van der Waals surface area contributed by atoms with E-state index in [1.807, 2.05) is 46.0 Å². The van der Waals surface area contributed by atoms with Crippen molar-refractivity contribution in [3.63, 3.8) is 0 Å². The minimum atomic E-state index is -0.447. The topological polar surface area (TPSA) is 29.5 Å². The molecule has 120 valence electrons. The van der Waals surface area contributed by atoms with E-state index in [0.29, 0.717) is 0 Å². The number of benzene rings is 1. The van der Waals surface area contributed by atoms with Crippen molar-refractivity contribution < 1.29 is 9.53 Å². The molecule has 0 saturated carbocycles. The van der Waals surface area contributed by atoms with E-state index < -0.39 is 5.60 Å². The normalized spacial score (nSPS) is 13.0. The Kier molecular flexibility index (Phi) is 7.98. The molecule has 1 atom stereocenters. The van der Waals surface area contributed by atoms with Crippen LogP contribution in [0.5, 0.6) is 0 Å². The smallest absolute Gasteiger partial charge is 0.324 e. The maximum atomic E-state index is 12.4. The van der Waals surface area contributed by atoms with Gasteiger partial charge in [0.1, 0.15) is 11.6 Å². The Hall–Kier alpha value is -1.06. The minimum absolute atomic E-state index is 0. The fraction of sp³-hybridized carbons (Fsp3) is 0.588. The van der Waals surface area contributed by atoms with Crippen LogP contribution in [-0.2, 0) is 16.1 Å². The quantitative estimate of drug-likeness (QED) is 0.772. The van der Waals surface area contributed by atoms with Gasteiger partial charge in [-0.3, -0.25) is 9.69 Å². The summed E-state index contributed by atoms with van der Waals surface area (Å²) in [6.07, 6.45) is 0. The van der Waals surface area contributed by atoms with Crippen molar-refractivity contribution in [2.75, 3.05) is 7.05 Å². The summed E-state index contributed by atoms with van der Waals surface area (Å²) < 4.78 is 5.54. The summed E-state index contributed by atoms with van der Waals surface area (Å²) in [5.41, 5.74) is 0.752. The van der Waals surface area contributed by atoms with Gasteiger partial charge in [0.2, 0.25) is 0 Å². The molecule has 1 rings (SSSR count). The van der Waals surface area contributed by atoms with Crippen molar-refractivity contribution in [1.29, 1.82) is 0 Å². The molecule has 0 aliphatic heterocycles. The second-order valence-corrected chi connectivity index (χ2v) is 6.62. The van der Waals surface area contributed by atoms with Crippen molar-refractivity contribution in [3.8, 4) is 0 Å². The van der Waals surface area contributed by atoms with Gasteiger partial charge >= 0.3 is 5.97 Å². The van der Waals surface area contributed by atoms with Crippen LogP contribution in [0.2, 0.25) is 0 Å². The summed E-state index contributed by atoms with van der Waals surface area (Å²) in [6, 6.07) is 9.94. The molecule has 1 unspecified atom stereocenters. The second-order valence-electron chi connectivity index (χ2n) is 6.62. The summed E-state index contributed by atoms with van der Waals surface area (Å²) in [4.78, 5) is 14.4. The van der Waals surface area contributed by atoms with Gasteiger partial charge in [-0.25, -0.2) is 0 Å². The molecule has 21 heavy (non-hydrogen) atoms. The molecular formula is C17H28ClNO2. The maximum Gasteiger partial charge on any atom is 0.324 e. The average Bonchev–Trinajstić information content (AvgIpc) is 2.26. The van der Waals surface area contributed by atoms with E-state index in [4.69, 9.17) is 4.74 Å². The van der Waals surface area contributed by atoms with Gasteiger partial charge in [0.15, 0.2) is 0 Å². The molecule has 0 radical (unpaired) electrons. The lowest BCUT2D eigenvalue weighted by Gasteiger charge is -2.32. The molecule has 0 bridgehead atoms. The monoisotopic (exact) mass is 313 g/mol. The van der Waals surface area contributed by atoms with Crippen molar-refractivity contribution >= 4 is 18.4 Å². The zero-order valence-corrected chi connectivity index (χ0v) is 14.7. The molecule has 1 aromatic carbocycles. The van der Waals surface area contributed by atoms with Crippen molar-refractivity contribution in [1.82, 2.24) is 4.90 Å². The zero-order valence-electron chi connectivity index (χ0n) is 13.9. The third kappa shape index (κ3) is 6.96. The highest BCUT2D eigenvalue weighted by Gasteiger charge is 2.30. The third-order valence-electron chi connectivity index (χ3n) is 3.03. The third-order valence-corrected chi connectivity index (χ3v) is 3.03. The Bertz CT molecular complexity index is 426. The second kappa shape index (κ2) is 8.40. The summed E-state index contributed by atoms with van der Waals surface area (Å²) in [5.74, 6) is 0.0597. The number of nitrogens with zero attached hydrogens (tertiary/aromatic N) is 1. The van der Waals surface area contributed by atoms with Gasteiger partial charge in [0.05, 0.1) is 0 Å². The molecule has 4 heteroatoms. The Balaban J connectivity index is 0.00000400. The van der Waals surface area contributed by atoms with Crippen molar-refractivity contribution in [2.24, 2.45) is 5.92 Å². The van der Waals surface area contributed by atoms with Gasteiger partial charge in [-0.2, -0.15) is 0 Å². The number of hydrogen-bond acceptors (Lipinski definition) is 3. The van der Waals surface area contributed by atoms with E-state index >= 15 is 0 Å². The van der Waals surface area contributed by atoms with Crippen LogP contribution in [-0.4, -0.2) is 29.6 Å². The van der Waals surface area contributed by atoms with Gasteiger partial charge in [-0.1, -0.05) is 44.2 Å². The van der Waals surface area contributed by atoms with Crippen LogP contribution in [0.1, 0.15) is 40.2 Å². The van der Waals surface area contributed by atoms with Crippen molar-refractivity contribution in [2.45, 2.75) is 52.8 Å². The van der Waals surface area contributed by atoms with Crippen LogP contribution in [0.4, 0.5) is 0 Å². The van der Waals surface area contributed by atoms with Crippen LogP contribution in [0.15, 0.2) is 30.3 Å². The first-order chi connectivity index (χ1) is 9.20. The Morgan fingerprint density at radius 2 is 1.71 bits per heavy atom. The predicted molar refractivity (Wildman–Crippen MR) is 89.6 cm³/mol. The number of carbonyl (C=O) groups excluding carboxylic acids is 1. The summed E-state index contributed by atoms with van der Waals surface area (Å²) in [7, 11) is 1.97. The maximum absolute atomic E-state index is 12.4. The number of hydrogen-bond donors (Lipinski definition) is 0. The molecule has 0 aliphatic rings. The molecular weight excluding hydrogens is 286 g/mol. The van der Waals surface area contributed by atoms with Crippen LogP contribution in [0, 0.1) is 5.92 Å². The molecule has 0 aliphatic carbocycles. The molecule has 0 fully saturated rings. The van der Waals surface area contributed by atoms with Gasteiger partial charge < -0.3 is 4.74 Å². The highest BCUT2D eigenvalue weighted by Crippen LogP contribution is 2.18. The number of rotatable bonds is 5. The predicted octanol–water partition coefficient (Wildman–Crippen LogP) is 3.91. The number of ether oxygens (including phenoxy) is 1. The molecule has 3 nitrogen and oxygen atoms in total. The van der Waals surface area contributed by atoms with Crippen LogP contribution in [0.25, 0.3) is 0 Å². The molecule has 0 saturated heterocycles. The highest BCUT2D eigenvalue weighted by molar-refractivity contribution is 5.85. The molecule has 0 N–H and O–H groups in total. The van der Waals surface area contributed by atoms with E-state index in [2.05, 4.69) is 30.9 Å². The van der Waals surface area contributed by atoms with Crippen LogP contribution >= 0.6 is 12.4 Å². The Morgan fingerprint density at radius 1 is 1.19 bits per heavy atom. The fourth-order valence-electron chi connectivity index (χ4n) is 2.29. The summed E-state index contributed by atoms with van der Waals surface area (Å²) in [6.45, 7) is 10.5. The Labute approximate surface area is 135 Å². The molecule has 0 aromatic heterocycles. The number of esters is 1. The molecule has 0 amide bonds. The Morgan fingerprint density at radius 3 is 2.14 bits per heavy atom. The van der Waals surface area contributed by atoms with E-state index in [9.17, 15) is 4.79 Å². The summed E-state index contributed by atoms with van der Waals surface area (Å²) >= 11 is 0. The first-order valence-electron chi connectivity index (χ1n) is 7.17. The average molecular weight is 314 g/mol. The highest BCUT2D eigenvalue weighted by atomic mass is 35.5. The molecule has 1 aromatic rings. The van der Waals surface area contributed by atoms with Gasteiger partial charge in [0, 0.05) is 6.54 Å². The van der Waals surface area contributed by atoms with E-state index in [0.717, 1.165) is 6.54 Å². The number of halogens is 1. The largest absolute Gasteiger partial charge is 0.459 e. The lowest BCUT2D eigenvalue weighted by molar-refractivity contribution is -0.163. The van der Waals surface area contributed by atoms with Crippen LogP contribution in [0.3, 0.4) is 0 Å².